The van der Waals surface area contributed by atoms with Gasteiger partial charge in [-0.2, -0.15) is 0 Å². The molecule has 3 heterocycles. The molecule has 1 aromatic rings. The van der Waals surface area contributed by atoms with E-state index in [1.54, 1.807) is 5.01 Å². The van der Waals surface area contributed by atoms with E-state index in [0.29, 0.717) is 6.54 Å². The zero-order valence-corrected chi connectivity index (χ0v) is 17.2. The van der Waals surface area contributed by atoms with Crippen molar-refractivity contribution in [2.75, 3.05) is 31.1 Å². The number of amides is 2. The number of piperidine rings is 1. The lowest BCUT2D eigenvalue weighted by atomic mass is 10.0. The number of pyridine rings is 1. The van der Waals surface area contributed by atoms with Gasteiger partial charge in [0.05, 0.1) is 6.04 Å². The first-order chi connectivity index (χ1) is 13.2. The van der Waals surface area contributed by atoms with Gasteiger partial charge in [-0.3, -0.25) is 19.7 Å². The second-order valence-electron chi connectivity index (χ2n) is 8.57. The summed E-state index contributed by atoms with van der Waals surface area (Å²) in [6.45, 7) is 9.80. The zero-order valence-electron chi connectivity index (χ0n) is 17.2. The third kappa shape index (κ3) is 5.13. The highest BCUT2D eigenvalue weighted by Crippen LogP contribution is 2.20. The average Bonchev–Trinajstić information content (AvgIpc) is 2.64. The molecule has 1 unspecified atom stereocenters. The molecular weight excluding hydrogens is 358 g/mol. The van der Waals surface area contributed by atoms with E-state index in [2.05, 4.69) is 15.3 Å². The standard InChI is InChI=1S/C20H31N5O3/c1-15-13-24(19(27)28-20(2,3)4)14-18(26)25(15)22-16-7-11-23(12-8-16)17-5-9-21-10-6-17/h5-6,9-10,15-16,22H,7-8,11-14H2,1-4H3. The van der Waals surface area contributed by atoms with E-state index in [0.717, 1.165) is 25.9 Å². The van der Waals surface area contributed by atoms with Gasteiger partial charge in [0.15, 0.2) is 0 Å². The van der Waals surface area contributed by atoms with Gasteiger partial charge in [0, 0.05) is 43.8 Å². The summed E-state index contributed by atoms with van der Waals surface area (Å²) < 4.78 is 5.40. The fraction of sp³-hybridized carbons (Fsp3) is 0.650. The first-order valence-corrected chi connectivity index (χ1v) is 9.94. The van der Waals surface area contributed by atoms with E-state index >= 15 is 0 Å². The van der Waals surface area contributed by atoms with E-state index in [9.17, 15) is 9.59 Å². The minimum atomic E-state index is -0.568. The van der Waals surface area contributed by atoms with Gasteiger partial charge in [0.2, 0.25) is 0 Å². The summed E-state index contributed by atoms with van der Waals surface area (Å²) in [5.41, 5.74) is 4.02. The van der Waals surface area contributed by atoms with Gasteiger partial charge in [0.25, 0.3) is 5.91 Å². The van der Waals surface area contributed by atoms with Crippen molar-refractivity contribution in [2.24, 2.45) is 0 Å². The minimum absolute atomic E-state index is 0.0438. The van der Waals surface area contributed by atoms with E-state index in [1.807, 2.05) is 52.2 Å². The van der Waals surface area contributed by atoms with E-state index in [4.69, 9.17) is 4.74 Å². The number of hydrogen-bond donors (Lipinski definition) is 1. The summed E-state index contributed by atoms with van der Waals surface area (Å²) in [5, 5.41) is 1.70. The van der Waals surface area contributed by atoms with Crippen LogP contribution in [0.3, 0.4) is 0 Å². The normalized spacial score (nSPS) is 21.8. The number of carbonyl (C=O) groups excluding carboxylic acids is 2. The number of hydrazine groups is 1. The molecule has 8 nitrogen and oxygen atoms in total. The number of nitrogens with zero attached hydrogens (tertiary/aromatic N) is 4. The van der Waals surface area contributed by atoms with Crippen LogP contribution < -0.4 is 10.3 Å². The van der Waals surface area contributed by atoms with Crippen molar-refractivity contribution in [1.82, 2.24) is 20.3 Å². The molecule has 3 rings (SSSR count). The van der Waals surface area contributed by atoms with Gasteiger partial charge in [-0.25, -0.2) is 10.2 Å². The number of anilines is 1. The summed E-state index contributed by atoms with van der Waals surface area (Å²) in [6.07, 6.45) is 5.09. The maximum absolute atomic E-state index is 12.6. The van der Waals surface area contributed by atoms with Crippen LogP contribution in [0.15, 0.2) is 24.5 Å². The quantitative estimate of drug-likeness (QED) is 0.852. The second-order valence-corrected chi connectivity index (χ2v) is 8.57. The van der Waals surface area contributed by atoms with E-state index < -0.39 is 11.7 Å². The number of nitrogens with one attached hydrogen (secondary N) is 1. The molecule has 28 heavy (non-hydrogen) atoms. The molecule has 0 saturated carbocycles. The maximum Gasteiger partial charge on any atom is 0.410 e. The molecule has 2 saturated heterocycles. The lowest BCUT2D eigenvalue weighted by molar-refractivity contribution is -0.144. The summed E-state index contributed by atoms with van der Waals surface area (Å²) in [5.74, 6) is -0.0961. The van der Waals surface area contributed by atoms with Crippen molar-refractivity contribution in [3.05, 3.63) is 24.5 Å². The molecule has 1 atom stereocenters. The molecule has 8 heteroatoms. The predicted molar refractivity (Wildman–Crippen MR) is 107 cm³/mol. The molecule has 2 amide bonds. The van der Waals surface area contributed by atoms with Crippen LogP contribution in [0.25, 0.3) is 0 Å². The van der Waals surface area contributed by atoms with Crippen LogP contribution in [-0.2, 0) is 9.53 Å². The lowest BCUT2D eigenvalue weighted by Gasteiger charge is -2.43. The molecule has 2 aliphatic rings. The van der Waals surface area contributed by atoms with Gasteiger partial charge in [-0.1, -0.05) is 0 Å². The highest BCUT2D eigenvalue weighted by Gasteiger charge is 2.36. The Balaban J connectivity index is 1.51. The Labute approximate surface area is 166 Å². The SMILES string of the molecule is CC1CN(C(=O)OC(C)(C)C)CC(=O)N1NC1CCN(c2ccncc2)CC1. The highest BCUT2D eigenvalue weighted by molar-refractivity contribution is 5.83. The van der Waals surface area contributed by atoms with Gasteiger partial charge in [0.1, 0.15) is 12.1 Å². The van der Waals surface area contributed by atoms with Crippen molar-refractivity contribution in [1.29, 1.82) is 0 Å². The molecule has 0 radical (unpaired) electrons. The third-order valence-electron chi connectivity index (χ3n) is 5.02. The number of hydrogen-bond acceptors (Lipinski definition) is 6. The van der Waals surface area contributed by atoms with Crippen LogP contribution in [0.5, 0.6) is 0 Å². The first-order valence-electron chi connectivity index (χ1n) is 9.94. The number of ether oxygens (including phenoxy) is 1. The van der Waals surface area contributed by atoms with Gasteiger partial charge in [-0.05, 0) is 52.7 Å². The molecule has 1 aromatic heterocycles. The Morgan fingerprint density at radius 2 is 1.86 bits per heavy atom. The van der Waals surface area contributed by atoms with Crippen LogP contribution in [-0.4, -0.2) is 70.8 Å². The van der Waals surface area contributed by atoms with Gasteiger partial charge in [-0.15, -0.1) is 0 Å². The zero-order chi connectivity index (χ0) is 20.3. The molecule has 2 fully saturated rings. The Morgan fingerprint density at radius 3 is 2.43 bits per heavy atom. The van der Waals surface area contributed by atoms with Crippen LogP contribution >= 0.6 is 0 Å². The van der Waals surface area contributed by atoms with Crippen LogP contribution in [0, 0.1) is 0 Å². The monoisotopic (exact) mass is 389 g/mol. The van der Waals surface area contributed by atoms with Crippen molar-refractivity contribution in [3.8, 4) is 0 Å². The number of aromatic nitrogens is 1. The Hall–Kier alpha value is -2.35. The number of piperazine rings is 1. The predicted octanol–water partition coefficient (Wildman–Crippen LogP) is 2.02. The minimum Gasteiger partial charge on any atom is -0.444 e. The molecular formula is C20H31N5O3. The Bertz CT molecular complexity index is 683. The Kier molecular flexibility index (Phi) is 6.07. The summed E-state index contributed by atoms with van der Waals surface area (Å²) >= 11 is 0. The molecule has 0 aromatic carbocycles. The second kappa shape index (κ2) is 8.34. The fourth-order valence-electron chi connectivity index (χ4n) is 3.63. The smallest absolute Gasteiger partial charge is 0.410 e. The molecule has 0 spiro atoms. The first kappa shape index (κ1) is 20.4. The van der Waals surface area contributed by atoms with E-state index in [1.165, 1.54) is 10.6 Å². The Morgan fingerprint density at radius 1 is 1.21 bits per heavy atom. The molecule has 1 N–H and O–H groups in total. The highest BCUT2D eigenvalue weighted by atomic mass is 16.6. The average molecular weight is 390 g/mol. The molecule has 0 aliphatic carbocycles. The number of carbonyl (C=O) groups is 2. The third-order valence-corrected chi connectivity index (χ3v) is 5.02. The summed E-state index contributed by atoms with van der Waals surface area (Å²) in [6, 6.07) is 4.19. The maximum atomic E-state index is 12.6. The number of rotatable bonds is 3. The van der Waals surface area contributed by atoms with Crippen molar-refractivity contribution in [3.63, 3.8) is 0 Å². The van der Waals surface area contributed by atoms with Crippen molar-refractivity contribution < 1.29 is 14.3 Å². The topological polar surface area (TPSA) is 78.0 Å². The fourth-order valence-corrected chi connectivity index (χ4v) is 3.63. The summed E-state index contributed by atoms with van der Waals surface area (Å²) in [4.78, 5) is 32.8. The van der Waals surface area contributed by atoms with E-state index in [-0.39, 0.29) is 24.5 Å². The van der Waals surface area contributed by atoms with Gasteiger partial charge < -0.3 is 9.64 Å². The summed E-state index contributed by atoms with van der Waals surface area (Å²) in [7, 11) is 0. The molecule has 2 aliphatic heterocycles. The lowest BCUT2D eigenvalue weighted by Crippen LogP contribution is -2.64. The van der Waals surface area contributed by atoms with Gasteiger partial charge >= 0.3 is 6.09 Å². The van der Waals surface area contributed by atoms with Crippen molar-refractivity contribution >= 4 is 17.7 Å². The largest absolute Gasteiger partial charge is 0.444 e. The van der Waals surface area contributed by atoms with Crippen molar-refractivity contribution in [2.45, 2.75) is 58.2 Å². The van der Waals surface area contributed by atoms with Crippen LogP contribution in [0.1, 0.15) is 40.5 Å². The van der Waals surface area contributed by atoms with Crippen LogP contribution in [0.4, 0.5) is 10.5 Å². The van der Waals surface area contributed by atoms with Crippen LogP contribution in [0.2, 0.25) is 0 Å². The molecule has 0 bridgehead atoms. The molecule has 154 valence electrons.